The van der Waals surface area contributed by atoms with Gasteiger partial charge in [-0.25, -0.2) is 8.42 Å². The molecule has 1 aliphatic rings. The summed E-state index contributed by atoms with van der Waals surface area (Å²) in [5.74, 6) is 0.443. The van der Waals surface area contributed by atoms with Crippen LogP contribution in [-0.2, 0) is 27.7 Å². The van der Waals surface area contributed by atoms with Crippen LogP contribution in [0.1, 0.15) is 31.7 Å². The highest BCUT2D eigenvalue weighted by Crippen LogP contribution is 2.16. The maximum absolute atomic E-state index is 11.9. The molecule has 2 rings (SSSR count). The molecule has 1 aromatic rings. The molecule has 1 aliphatic heterocycles. The number of amides is 1. The van der Waals surface area contributed by atoms with E-state index in [0.717, 1.165) is 18.5 Å². The normalized spacial score (nSPS) is 20.0. The van der Waals surface area contributed by atoms with Crippen molar-refractivity contribution in [1.29, 1.82) is 0 Å². The molecule has 8 heteroatoms. The van der Waals surface area contributed by atoms with Gasteiger partial charge in [0.1, 0.15) is 0 Å². The van der Waals surface area contributed by atoms with Crippen molar-refractivity contribution in [2.45, 2.75) is 45.3 Å². The number of hydrogen-bond acceptors (Lipinski definition) is 5. The van der Waals surface area contributed by atoms with Gasteiger partial charge in [0.15, 0.2) is 9.84 Å². The number of nitrogens with one attached hydrogen (secondary N) is 1. The molecule has 1 saturated heterocycles. The van der Waals surface area contributed by atoms with Gasteiger partial charge in [0.2, 0.25) is 5.91 Å². The Morgan fingerprint density at radius 3 is 2.96 bits per heavy atom. The highest BCUT2D eigenvalue weighted by atomic mass is 32.2. The molecule has 1 atom stereocenters. The smallest absolute Gasteiger partial charge is 0.221 e. The molecule has 0 bridgehead atoms. The number of aryl methyl sites for hydroxylation is 1. The van der Waals surface area contributed by atoms with Crippen LogP contribution in [-0.4, -0.2) is 60.1 Å². The second-order valence-corrected chi connectivity index (χ2v) is 8.40. The Morgan fingerprint density at radius 2 is 2.30 bits per heavy atom. The second-order valence-electron chi connectivity index (χ2n) is 6.18. The minimum atomic E-state index is -2.88. The summed E-state index contributed by atoms with van der Waals surface area (Å²) in [4.78, 5) is 13.9. The van der Waals surface area contributed by atoms with E-state index >= 15 is 0 Å². The molecule has 0 unspecified atom stereocenters. The molecule has 1 N–H and O–H groups in total. The highest BCUT2D eigenvalue weighted by molar-refractivity contribution is 7.91. The quantitative estimate of drug-likeness (QED) is 0.740. The van der Waals surface area contributed by atoms with Crippen LogP contribution in [0.4, 0.5) is 0 Å². The van der Waals surface area contributed by atoms with Crippen LogP contribution in [0.15, 0.2) is 12.4 Å². The zero-order valence-electron chi connectivity index (χ0n) is 13.9. The van der Waals surface area contributed by atoms with E-state index in [4.69, 9.17) is 0 Å². The molecule has 7 nitrogen and oxygen atoms in total. The average Bonchev–Trinajstić information content (AvgIpc) is 3.09. The van der Waals surface area contributed by atoms with Crippen LogP contribution in [0.3, 0.4) is 0 Å². The van der Waals surface area contributed by atoms with Crippen molar-refractivity contribution in [2.75, 3.05) is 25.1 Å². The molecule has 0 radical (unpaired) electrons. The summed E-state index contributed by atoms with van der Waals surface area (Å²) in [6, 6.07) is 0.0417. The summed E-state index contributed by atoms with van der Waals surface area (Å²) in [6.07, 6.45) is 5.77. The van der Waals surface area contributed by atoms with Gasteiger partial charge in [0.05, 0.1) is 17.7 Å². The summed E-state index contributed by atoms with van der Waals surface area (Å²) in [6.45, 7) is 4.02. The Morgan fingerprint density at radius 1 is 1.52 bits per heavy atom. The van der Waals surface area contributed by atoms with Gasteiger partial charge in [-0.1, -0.05) is 6.92 Å². The van der Waals surface area contributed by atoms with Crippen molar-refractivity contribution in [3.05, 3.63) is 18.0 Å². The zero-order valence-corrected chi connectivity index (χ0v) is 14.7. The van der Waals surface area contributed by atoms with Crippen molar-refractivity contribution in [1.82, 2.24) is 20.0 Å². The maximum Gasteiger partial charge on any atom is 0.221 e. The lowest BCUT2D eigenvalue weighted by Gasteiger charge is -2.22. The standard InChI is InChI=1S/C15H26N4O3S/c1-3-6-19-11-13(10-17-19)9-16-15(20)4-7-18(2)14-5-8-23(21,22)12-14/h10-11,14H,3-9,12H2,1-2H3,(H,16,20)/t14-/m1/s1. The molecule has 0 spiro atoms. The summed E-state index contributed by atoms with van der Waals surface area (Å²) in [7, 11) is -0.997. The maximum atomic E-state index is 11.9. The number of sulfone groups is 1. The predicted octanol–water partition coefficient (Wildman–Crippen LogP) is 0.418. The number of hydrogen-bond donors (Lipinski definition) is 1. The van der Waals surface area contributed by atoms with Crippen LogP contribution in [0.5, 0.6) is 0 Å². The molecule has 0 aromatic carbocycles. The third-order valence-corrected chi connectivity index (χ3v) is 5.90. The SMILES string of the molecule is CCCn1cc(CNC(=O)CCN(C)[C@@H]2CCS(=O)(=O)C2)cn1. The van der Waals surface area contributed by atoms with E-state index in [1.807, 2.05) is 22.8 Å². The van der Waals surface area contributed by atoms with Crippen molar-refractivity contribution in [3.8, 4) is 0 Å². The number of carbonyl (C=O) groups is 1. The monoisotopic (exact) mass is 342 g/mol. The van der Waals surface area contributed by atoms with Crippen LogP contribution in [0.2, 0.25) is 0 Å². The van der Waals surface area contributed by atoms with Crippen LogP contribution in [0, 0.1) is 0 Å². The van der Waals surface area contributed by atoms with E-state index in [-0.39, 0.29) is 23.5 Å². The van der Waals surface area contributed by atoms with E-state index in [1.165, 1.54) is 0 Å². The Hall–Kier alpha value is -1.41. The first-order valence-electron chi connectivity index (χ1n) is 8.08. The Labute approximate surface area is 138 Å². The van der Waals surface area contributed by atoms with Gasteiger partial charge in [-0.15, -0.1) is 0 Å². The van der Waals surface area contributed by atoms with Gasteiger partial charge in [-0.3, -0.25) is 9.48 Å². The highest BCUT2D eigenvalue weighted by Gasteiger charge is 2.30. The fourth-order valence-electron chi connectivity index (χ4n) is 2.72. The van der Waals surface area contributed by atoms with Gasteiger partial charge in [0.25, 0.3) is 0 Å². The van der Waals surface area contributed by atoms with Crippen molar-refractivity contribution in [3.63, 3.8) is 0 Å². The van der Waals surface area contributed by atoms with Crippen LogP contribution in [0.25, 0.3) is 0 Å². The predicted molar refractivity (Wildman–Crippen MR) is 88.7 cm³/mol. The van der Waals surface area contributed by atoms with Gasteiger partial charge in [0, 0.05) is 43.9 Å². The zero-order chi connectivity index (χ0) is 16.9. The van der Waals surface area contributed by atoms with E-state index < -0.39 is 9.84 Å². The summed E-state index contributed by atoms with van der Waals surface area (Å²) in [5, 5.41) is 7.10. The third kappa shape index (κ3) is 5.62. The molecule has 23 heavy (non-hydrogen) atoms. The van der Waals surface area contributed by atoms with Gasteiger partial charge < -0.3 is 10.2 Å². The number of aromatic nitrogens is 2. The van der Waals surface area contributed by atoms with Crippen molar-refractivity contribution < 1.29 is 13.2 Å². The summed E-state index contributed by atoms with van der Waals surface area (Å²) >= 11 is 0. The van der Waals surface area contributed by atoms with E-state index in [1.54, 1.807) is 6.20 Å². The first-order valence-corrected chi connectivity index (χ1v) is 9.90. The number of nitrogens with zero attached hydrogens (tertiary/aromatic N) is 3. The van der Waals surface area contributed by atoms with E-state index in [2.05, 4.69) is 17.3 Å². The fourth-order valence-corrected chi connectivity index (χ4v) is 4.53. The minimum absolute atomic E-state index is 0.0269. The summed E-state index contributed by atoms with van der Waals surface area (Å²) < 4.78 is 24.8. The average molecular weight is 342 g/mol. The molecule has 1 amide bonds. The third-order valence-electron chi connectivity index (χ3n) is 4.15. The van der Waals surface area contributed by atoms with Crippen molar-refractivity contribution in [2.24, 2.45) is 0 Å². The van der Waals surface area contributed by atoms with Crippen LogP contribution < -0.4 is 5.32 Å². The number of rotatable bonds is 8. The Balaban J connectivity index is 1.68. The lowest BCUT2D eigenvalue weighted by molar-refractivity contribution is -0.121. The van der Waals surface area contributed by atoms with Gasteiger partial charge in [-0.05, 0) is 19.9 Å². The summed E-state index contributed by atoms with van der Waals surface area (Å²) in [5.41, 5.74) is 0.988. The molecular weight excluding hydrogens is 316 g/mol. The van der Waals surface area contributed by atoms with Gasteiger partial charge in [-0.2, -0.15) is 5.10 Å². The van der Waals surface area contributed by atoms with Gasteiger partial charge >= 0.3 is 0 Å². The molecule has 1 fully saturated rings. The molecule has 130 valence electrons. The van der Waals surface area contributed by atoms with E-state index in [0.29, 0.717) is 25.9 Å². The molecule has 0 aliphatic carbocycles. The lowest BCUT2D eigenvalue weighted by Crippen LogP contribution is -2.36. The largest absolute Gasteiger partial charge is 0.352 e. The molecule has 1 aromatic heterocycles. The second kappa shape index (κ2) is 7.92. The van der Waals surface area contributed by atoms with E-state index in [9.17, 15) is 13.2 Å². The first-order chi connectivity index (χ1) is 10.9. The topological polar surface area (TPSA) is 84.3 Å². The fraction of sp³-hybridized carbons (Fsp3) is 0.733. The molecule has 2 heterocycles. The molecular formula is C15H26N4O3S. The number of carbonyl (C=O) groups excluding carboxylic acids is 1. The first kappa shape index (κ1) is 17.9. The Kier molecular flexibility index (Phi) is 6.17. The lowest BCUT2D eigenvalue weighted by atomic mass is 10.2. The molecule has 0 saturated carbocycles. The Bertz CT molecular complexity index is 626. The van der Waals surface area contributed by atoms with Crippen molar-refractivity contribution >= 4 is 15.7 Å². The minimum Gasteiger partial charge on any atom is -0.352 e. The van der Waals surface area contributed by atoms with Crippen LogP contribution >= 0.6 is 0 Å².